The Morgan fingerprint density at radius 1 is 1.50 bits per heavy atom. The maximum atomic E-state index is 10.7. The molecule has 1 heterocycles. The zero-order valence-corrected chi connectivity index (χ0v) is 8.82. The van der Waals surface area contributed by atoms with Gasteiger partial charge >= 0.3 is 0 Å². The Hall–Kier alpha value is -1.88. The molecule has 1 aromatic heterocycles. The number of nitrogens with zero attached hydrogens (tertiary/aromatic N) is 1. The zero-order chi connectivity index (χ0) is 11.7. The number of nitro groups is 1. The first-order chi connectivity index (χ1) is 7.58. The van der Waals surface area contributed by atoms with E-state index >= 15 is 0 Å². The van der Waals surface area contributed by atoms with Gasteiger partial charge in [0.25, 0.3) is 5.69 Å². The Bertz CT molecular complexity index is 576. The minimum absolute atomic E-state index is 0.00104. The van der Waals surface area contributed by atoms with Crippen LogP contribution >= 0.6 is 11.6 Å². The van der Waals surface area contributed by atoms with E-state index < -0.39 is 10.2 Å². The molecule has 0 saturated heterocycles. The molecule has 0 radical (unpaired) electrons. The van der Waals surface area contributed by atoms with Gasteiger partial charge in [0, 0.05) is 6.42 Å². The number of rotatable bonds is 3. The number of aromatic nitrogens is 1. The standard InChI is InChI=1S/C10H7ClN2O3/c11-10(14)4-6-1-2-8-7(3-6)9(5-12-8)13(15)16/h1-3,5,12H,4H2. The lowest BCUT2D eigenvalue weighted by molar-refractivity contribution is -0.383. The highest BCUT2D eigenvalue weighted by molar-refractivity contribution is 6.63. The van der Waals surface area contributed by atoms with Gasteiger partial charge in [0.15, 0.2) is 0 Å². The van der Waals surface area contributed by atoms with Crippen molar-refractivity contribution in [3.05, 3.63) is 40.1 Å². The van der Waals surface area contributed by atoms with Crippen LogP contribution in [0.5, 0.6) is 0 Å². The first-order valence-corrected chi connectivity index (χ1v) is 4.88. The summed E-state index contributed by atoms with van der Waals surface area (Å²) in [7, 11) is 0. The minimum Gasteiger partial charge on any atom is -0.355 e. The zero-order valence-electron chi connectivity index (χ0n) is 8.07. The summed E-state index contributed by atoms with van der Waals surface area (Å²) in [6.45, 7) is 0. The van der Waals surface area contributed by atoms with Crippen LogP contribution in [0.2, 0.25) is 0 Å². The van der Waals surface area contributed by atoms with E-state index in [9.17, 15) is 14.9 Å². The maximum absolute atomic E-state index is 10.7. The third-order valence-corrected chi connectivity index (χ3v) is 2.40. The van der Waals surface area contributed by atoms with Crippen molar-refractivity contribution in [3.63, 3.8) is 0 Å². The summed E-state index contributed by atoms with van der Waals surface area (Å²) >= 11 is 5.26. The number of hydrogen-bond donors (Lipinski definition) is 1. The summed E-state index contributed by atoms with van der Waals surface area (Å²) in [6, 6.07) is 5.00. The second-order valence-electron chi connectivity index (χ2n) is 3.34. The molecule has 5 nitrogen and oxygen atoms in total. The van der Waals surface area contributed by atoms with Crippen LogP contribution in [0.4, 0.5) is 5.69 Å². The Balaban J connectivity index is 2.54. The molecule has 0 aliphatic carbocycles. The van der Waals surface area contributed by atoms with Crippen LogP contribution < -0.4 is 0 Å². The number of carbonyl (C=O) groups is 1. The molecule has 0 atom stereocenters. The fraction of sp³-hybridized carbons (Fsp3) is 0.100. The molecule has 0 fully saturated rings. The van der Waals surface area contributed by atoms with E-state index in [0.29, 0.717) is 16.5 Å². The summed E-state index contributed by atoms with van der Waals surface area (Å²) in [4.78, 5) is 23.8. The quantitative estimate of drug-likeness (QED) is 0.507. The highest BCUT2D eigenvalue weighted by Crippen LogP contribution is 2.26. The second kappa shape index (κ2) is 3.94. The molecule has 16 heavy (non-hydrogen) atoms. The Morgan fingerprint density at radius 3 is 2.88 bits per heavy atom. The number of benzene rings is 1. The van der Waals surface area contributed by atoms with Gasteiger partial charge in [-0.3, -0.25) is 14.9 Å². The molecule has 2 aromatic rings. The van der Waals surface area contributed by atoms with Crippen molar-refractivity contribution in [1.82, 2.24) is 4.98 Å². The number of fused-ring (bicyclic) bond motifs is 1. The van der Waals surface area contributed by atoms with E-state index in [1.54, 1.807) is 18.2 Å². The maximum Gasteiger partial charge on any atom is 0.294 e. The van der Waals surface area contributed by atoms with E-state index in [0.717, 1.165) is 0 Å². The second-order valence-corrected chi connectivity index (χ2v) is 3.76. The van der Waals surface area contributed by atoms with Crippen molar-refractivity contribution >= 4 is 33.4 Å². The molecular formula is C10H7ClN2O3. The molecule has 0 bridgehead atoms. The van der Waals surface area contributed by atoms with Gasteiger partial charge in [-0.25, -0.2) is 0 Å². The molecule has 1 aromatic carbocycles. The van der Waals surface area contributed by atoms with E-state index in [1.807, 2.05) is 0 Å². The third kappa shape index (κ3) is 1.90. The van der Waals surface area contributed by atoms with Gasteiger partial charge in [-0.15, -0.1) is 0 Å². The molecular weight excluding hydrogens is 232 g/mol. The van der Waals surface area contributed by atoms with Gasteiger partial charge in [0.05, 0.1) is 22.0 Å². The number of carbonyl (C=O) groups excluding carboxylic acids is 1. The summed E-state index contributed by atoms with van der Waals surface area (Å²) in [5.41, 5.74) is 1.33. The van der Waals surface area contributed by atoms with Crippen molar-refractivity contribution in [1.29, 1.82) is 0 Å². The van der Waals surface area contributed by atoms with E-state index in [2.05, 4.69) is 4.98 Å². The van der Waals surface area contributed by atoms with Crippen LogP contribution in [-0.4, -0.2) is 15.1 Å². The van der Waals surface area contributed by atoms with E-state index in [4.69, 9.17) is 11.6 Å². The first-order valence-electron chi connectivity index (χ1n) is 4.50. The van der Waals surface area contributed by atoms with Gasteiger partial charge in [0.2, 0.25) is 5.24 Å². The lowest BCUT2D eigenvalue weighted by Gasteiger charge is -1.96. The highest BCUT2D eigenvalue weighted by atomic mass is 35.5. The molecule has 0 saturated carbocycles. The summed E-state index contributed by atoms with van der Waals surface area (Å²) in [5.74, 6) is 0. The van der Waals surface area contributed by atoms with Gasteiger partial charge in [-0.1, -0.05) is 6.07 Å². The van der Waals surface area contributed by atoms with Crippen LogP contribution in [-0.2, 0) is 11.2 Å². The molecule has 1 N–H and O–H groups in total. The number of hydrogen-bond acceptors (Lipinski definition) is 3. The van der Waals surface area contributed by atoms with Crippen molar-refractivity contribution in [2.75, 3.05) is 0 Å². The van der Waals surface area contributed by atoms with Crippen LogP contribution in [0.25, 0.3) is 10.9 Å². The first kappa shape index (κ1) is 10.6. The number of halogens is 1. The third-order valence-electron chi connectivity index (χ3n) is 2.26. The lowest BCUT2D eigenvalue weighted by atomic mass is 10.1. The largest absolute Gasteiger partial charge is 0.355 e. The topological polar surface area (TPSA) is 76.0 Å². The molecule has 0 aliphatic rings. The van der Waals surface area contributed by atoms with Crippen molar-refractivity contribution in [2.24, 2.45) is 0 Å². The Kier molecular flexibility index (Phi) is 2.62. The van der Waals surface area contributed by atoms with Gasteiger partial charge in [-0.2, -0.15) is 0 Å². The SMILES string of the molecule is O=C(Cl)Cc1ccc2[nH]cc([N+](=O)[O-])c2c1. The number of aromatic amines is 1. The lowest BCUT2D eigenvalue weighted by Crippen LogP contribution is -1.93. The van der Waals surface area contributed by atoms with Gasteiger partial charge in [-0.05, 0) is 29.3 Å². The predicted octanol–water partition coefficient (Wildman–Crippen LogP) is 2.38. The van der Waals surface area contributed by atoms with E-state index in [1.165, 1.54) is 6.20 Å². The number of H-pyrrole nitrogens is 1. The predicted molar refractivity (Wildman–Crippen MR) is 59.5 cm³/mol. The smallest absolute Gasteiger partial charge is 0.294 e. The Labute approximate surface area is 95.2 Å². The molecule has 0 unspecified atom stereocenters. The fourth-order valence-electron chi connectivity index (χ4n) is 1.57. The van der Waals surface area contributed by atoms with Crippen molar-refractivity contribution in [2.45, 2.75) is 6.42 Å². The molecule has 0 aliphatic heterocycles. The molecule has 0 amide bonds. The summed E-state index contributed by atoms with van der Waals surface area (Å²) in [5, 5.41) is 10.7. The normalized spacial score (nSPS) is 10.6. The highest BCUT2D eigenvalue weighted by Gasteiger charge is 2.14. The van der Waals surface area contributed by atoms with Crippen LogP contribution in [0.15, 0.2) is 24.4 Å². The summed E-state index contributed by atoms with van der Waals surface area (Å²) < 4.78 is 0. The fourth-order valence-corrected chi connectivity index (χ4v) is 1.73. The minimum atomic E-state index is -0.488. The molecule has 2 rings (SSSR count). The Morgan fingerprint density at radius 2 is 2.25 bits per heavy atom. The average molecular weight is 239 g/mol. The van der Waals surface area contributed by atoms with Crippen molar-refractivity contribution < 1.29 is 9.72 Å². The van der Waals surface area contributed by atoms with Crippen LogP contribution in [0.1, 0.15) is 5.56 Å². The van der Waals surface area contributed by atoms with Gasteiger partial charge < -0.3 is 4.98 Å². The van der Waals surface area contributed by atoms with Crippen molar-refractivity contribution in [3.8, 4) is 0 Å². The molecule has 0 spiro atoms. The molecule has 6 heteroatoms. The van der Waals surface area contributed by atoms with Crippen LogP contribution in [0, 0.1) is 10.1 Å². The van der Waals surface area contributed by atoms with E-state index in [-0.39, 0.29) is 12.1 Å². The van der Waals surface area contributed by atoms with Crippen LogP contribution in [0.3, 0.4) is 0 Å². The molecule has 82 valence electrons. The summed E-state index contributed by atoms with van der Waals surface area (Å²) in [6.07, 6.45) is 1.40. The monoisotopic (exact) mass is 238 g/mol. The number of nitrogens with one attached hydrogen (secondary N) is 1. The van der Waals surface area contributed by atoms with Gasteiger partial charge in [0.1, 0.15) is 0 Å². The average Bonchev–Trinajstić information content (AvgIpc) is 2.59.